The van der Waals surface area contributed by atoms with E-state index >= 15 is 0 Å². The lowest BCUT2D eigenvalue weighted by Gasteiger charge is -2.29. The lowest BCUT2D eigenvalue weighted by molar-refractivity contribution is -0.124. The fraction of sp³-hybridized carbons (Fsp3) is 0.333. The summed E-state index contributed by atoms with van der Waals surface area (Å²) in [5.74, 6) is 1.51. The zero-order valence-corrected chi connectivity index (χ0v) is 20.4. The van der Waals surface area contributed by atoms with Crippen molar-refractivity contribution < 1.29 is 14.3 Å². The zero-order chi connectivity index (χ0) is 21.8. The van der Waals surface area contributed by atoms with Gasteiger partial charge in [0.25, 0.3) is 5.91 Å². The summed E-state index contributed by atoms with van der Waals surface area (Å²) in [6, 6.07) is 13.9. The molecule has 2 aromatic carbocycles. The molecule has 2 fully saturated rings. The third-order valence-electron chi connectivity index (χ3n) is 5.67. The monoisotopic (exact) mass is 548 g/mol. The molecule has 2 aromatic rings. The van der Waals surface area contributed by atoms with Gasteiger partial charge in [-0.15, -0.1) is 0 Å². The van der Waals surface area contributed by atoms with Gasteiger partial charge in [0, 0.05) is 15.2 Å². The summed E-state index contributed by atoms with van der Waals surface area (Å²) in [6.45, 7) is 0.370. The molecule has 4 rings (SSSR count). The summed E-state index contributed by atoms with van der Waals surface area (Å²) < 4.78 is 12.6. The highest BCUT2D eigenvalue weighted by Gasteiger charge is 2.36. The molecule has 1 aliphatic heterocycles. The molecule has 1 N–H and O–H groups in total. The van der Waals surface area contributed by atoms with E-state index in [4.69, 9.17) is 21.7 Å². The van der Waals surface area contributed by atoms with Gasteiger partial charge in [-0.2, -0.15) is 0 Å². The smallest absolute Gasteiger partial charge is 0.276 e. The van der Waals surface area contributed by atoms with Gasteiger partial charge in [-0.3, -0.25) is 9.69 Å². The molecule has 1 heterocycles. The molecular formula is C24H25IN2O3S. The number of ether oxygens (including phenoxy) is 2. The number of amides is 1. The maximum absolute atomic E-state index is 13.0. The molecule has 2 aliphatic rings. The van der Waals surface area contributed by atoms with E-state index in [2.05, 4.69) is 27.9 Å². The molecule has 1 amide bonds. The standard InChI is InChI=1S/C24H25IN2O3S/c1-29-22-12-7-16(13-17(22)15-30-20-10-8-18(25)9-11-20)14-21-23(28)27(24(31)26-21)19-5-3-2-4-6-19/h7-14,19H,2-6,15H2,1H3,(H,26,31)/b21-14+. The predicted molar refractivity (Wildman–Crippen MR) is 134 cm³/mol. The van der Waals surface area contributed by atoms with Crippen molar-refractivity contribution in [3.05, 3.63) is 62.9 Å². The first-order valence-electron chi connectivity index (χ1n) is 10.5. The van der Waals surface area contributed by atoms with Crippen LogP contribution in [0.3, 0.4) is 0 Å². The number of thiocarbonyl (C=S) groups is 1. The summed E-state index contributed by atoms with van der Waals surface area (Å²) in [4.78, 5) is 14.8. The Morgan fingerprint density at radius 2 is 1.90 bits per heavy atom. The molecule has 0 atom stereocenters. The first kappa shape index (κ1) is 22.1. The van der Waals surface area contributed by atoms with Gasteiger partial charge in [-0.25, -0.2) is 0 Å². The van der Waals surface area contributed by atoms with Gasteiger partial charge in [0.1, 0.15) is 23.8 Å². The predicted octanol–water partition coefficient (Wildman–Crippen LogP) is 5.27. The largest absolute Gasteiger partial charge is 0.496 e. The van der Waals surface area contributed by atoms with Crippen LogP contribution in [0.4, 0.5) is 0 Å². The number of hydrogen-bond acceptors (Lipinski definition) is 4. The third kappa shape index (κ3) is 5.20. The van der Waals surface area contributed by atoms with Crippen molar-refractivity contribution >= 4 is 51.9 Å². The van der Waals surface area contributed by atoms with Crippen LogP contribution in [0.5, 0.6) is 11.5 Å². The number of carbonyl (C=O) groups is 1. The minimum absolute atomic E-state index is 0.0376. The number of halogens is 1. The Kier molecular flexibility index (Phi) is 7.12. The Labute approximate surface area is 201 Å². The molecule has 31 heavy (non-hydrogen) atoms. The van der Waals surface area contributed by atoms with Gasteiger partial charge in [-0.1, -0.05) is 25.3 Å². The van der Waals surface area contributed by atoms with Crippen LogP contribution in [0.2, 0.25) is 0 Å². The second-order valence-corrected chi connectivity index (χ2v) is 9.40. The number of hydrogen-bond donors (Lipinski definition) is 1. The Balaban J connectivity index is 1.52. The zero-order valence-electron chi connectivity index (χ0n) is 17.4. The number of methoxy groups -OCH3 is 1. The van der Waals surface area contributed by atoms with E-state index in [0.29, 0.717) is 17.4 Å². The molecular weight excluding hydrogens is 523 g/mol. The highest BCUT2D eigenvalue weighted by Crippen LogP contribution is 2.28. The molecule has 7 heteroatoms. The van der Waals surface area contributed by atoms with Gasteiger partial charge >= 0.3 is 0 Å². The molecule has 5 nitrogen and oxygen atoms in total. The minimum Gasteiger partial charge on any atom is -0.496 e. The topological polar surface area (TPSA) is 50.8 Å². The van der Waals surface area contributed by atoms with Crippen molar-refractivity contribution in [3.63, 3.8) is 0 Å². The summed E-state index contributed by atoms with van der Waals surface area (Å²) in [5, 5.41) is 3.63. The second-order valence-electron chi connectivity index (χ2n) is 7.77. The van der Waals surface area contributed by atoms with Crippen molar-refractivity contribution in [2.24, 2.45) is 0 Å². The second kappa shape index (κ2) is 9.99. The van der Waals surface area contributed by atoms with Crippen LogP contribution in [0.25, 0.3) is 6.08 Å². The van der Waals surface area contributed by atoms with E-state index in [1.807, 2.05) is 48.5 Å². The first-order chi connectivity index (χ1) is 15.0. The van der Waals surface area contributed by atoms with Crippen LogP contribution in [0.1, 0.15) is 43.2 Å². The van der Waals surface area contributed by atoms with E-state index in [1.54, 1.807) is 12.0 Å². The van der Waals surface area contributed by atoms with Crippen molar-refractivity contribution in [3.8, 4) is 11.5 Å². The highest BCUT2D eigenvalue weighted by atomic mass is 127. The van der Waals surface area contributed by atoms with Crippen molar-refractivity contribution in [2.75, 3.05) is 7.11 Å². The maximum atomic E-state index is 13.0. The lowest BCUT2D eigenvalue weighted by Crippen LogP contribution is -2.41. The van der Waals surface area contributed by atoms with Gasteiger partial charge in [0.05, 0.1) is 7.11 Å². The van der Waals surface area contributed by atoms with Gasteiger partial charge in [-0.05, 0) is 95.7 Å². The summed E-state index contributed by atoms with van der Waals surface area (Å²) in [6.07, 6.45) is 7.43. The summed E-state index contributed by atoms with van der Waals surface area (Å²) in [7, 11) is 1.64. The molecule has 1 saturated heterocycles. The Morgan fingerprint density at radius 3 is 2.61 bits per heavy atom. The number of nitrogens with one attached hydrogen (secondary N) is 1. The maximum Gasteiger partial charge on any atom is 0.276 e. The normalized spacial score (nSPS) is 18.4. The van der Waals surface area contributed by atoms with E-state index in [1.165, 1.54) is 6.42 Å². The fourth-order valence-corrected chi connectivity index (χ4v) is 4.78. The van der Waals surface area contributed by atoms with Crippen LogP contribution in [0.15, 0.2) is 48.2 Å². The Hall–Kier alpha value is -2.13. The van der Waals surface area contributed by atoms with Crippen LogP contribution < -0.4 is 14.8 Å². The van der Waals surface area contributed by atoms with Crippen molar-refractivity contribution in [1.82, 2.24) is 10.2 Å². The molecule has 0 radical (unpaired) electrons. The average molecular weight is 548 g/mol. The summed E-state index contributed by atoms with van der Waals surface area (Å²) in [5.41, 5.74) is 2.32. The van der Waals surface area contributed by atoms with E-state index in [9.17, 15) is 4.79 Å². The van der Waals surface area contributed by atoms with Crippen LogP contribution >= 0.6 is 34.8 Å². The fourth-order valence-electron chi connectivity index (χ4n) is 4.08. The van der Waals surface area contributed by atoms with E-state index in [-0.39, 0.29) is 11.9 Å². The van der Waals surface area contributed by atoms with Gasteiger partial charge < -0.3 is 14.8 Å². The van der Waals surface area contributed by atoms with Crippen LogP contribution in [0, 0.1) is 3.57 Å². The lowest BCUT2D eigenvalue weighted by atomic mass is 9.94. The molecule has 0 aromatic heterocycles. The Morgan fingerprint density at radius 1 is 1.16 bits per heavy atom. The SMILES string of the molecule is COc1ccc(/C=C2/NC(=S)N(C3CCCCC3)C2=O)cc1COc1ccc(I)cc1. The number of carbonyl (C=O) groups excluding carboxylic acids is 1. The quantitative estimate of drug-likeness (QED) is 0.303. The molecule has 1 saturated carbocycles. The van der Waals surface area contributed by atoms with E-state index < -0.39 is 0 Å². The van der Waals surface area contributed by atoms with Crippen molar-refractivity contribution in [1.29, 1.82) is 0 Å². The summed E-state index contributed by atoms with van der Waals surface area (Å²) >= 11 is 7.74. The average Bonchev–Trinajstić information content (AvgIpc) is 3.06. The Bertz CT molecular complexity index is 1000. The van der Waals surface area contributed by atoms with Crippen LogP contribution in [-0.2, 0) is 11.4 Å². The van der Waals surface area contributed by atoms with Gasteiger partial charge in [0.2, 0.25) is 0 Å². The minimum atomic E-state index is -0.0376. The highest BCUT2D eigenvalue weighted by molar-refractivity contribution is 14.1. The molecule has 1 aliphatic carbocycles. The number of benzene rings is 2. The van der Waals surface area contributed by atoms with Crippen LogP contribution in [-0.4, -0.2) is 29.1 Å². The third-order valence-corrected chi connectivity index (χ3v) is 6.69. The molecule has 0 unspecified atom stereocenters. The number of rotatable bonds is 6. The van der Waals surface area contributed by atoms with Gasteiger partial charge in [0.15, 0.2) is 5.11 Å². The molecule has 0 spiro atoms. The first-order valence-corrected chi connectivity index (χ1v) is 12.0. The van der Waals surface area contributed by atoms with E-state index in [0.717, 1.165) is 51.9 Å². The number of nitrogens with zero attached hydrogens (tertiary/aromatic N) is 1. The molecule has 0 bridgehead atoms. The van der Waals surface area contributed by atoms with Crippen molar-refractivity contribution in [2.45, 2.75) is 44.8 Å². The molecule has 162 valence electrons.